The zero-order chi connectivity index (χ0) is 18.2. The van der Waals surface area contributed by atoms with Gasteiger partial charge in [-0.1, -0.05) is 12.2 Å². The second kappa shape index (κ2) is 9.54. The Hall–Kier alpha value is -1.73. The number of benzene rings is 1. The first kappa shape index (κ1) is 20.3. The van der Waals surface area contributed by atoms with Crippen LogP contribution < -0.4 is 9.46 Å². The van der Waals surface area contributed by atoms with Gasteiger partial charge in [0.2, 0.25) is 10.0 Å². The van der Waals surface area contributed by atoms with Gasteiger partial charge >= 0.3 is 5.97 Å². The number of nitrogens with one attached hydrogen (secondary N) is 1. The minimum Gasteiger partial charge on any atom is -0.494 e. The molecule has 0 unspecified atom stereocenters. The van der Waals surface area contributed by atoms with Crippen LogP contribution in [-0.2, 0) is 14.8 Å². The lowest BCUT2D eigenvalue weighted by Gasteiger charge is -2.15. The number of halogens is 1. The molecule has 1 aromatic rings. The number of rotatable bonds is 9. The molecule has 0 bridgehead atoms. The van der Waals surface area contributed by atoms with Crippen molar-refractivity contribution in [3.63, 3.8) is 0 Å². The predicted octanol–water partition coefficient (Wildman–Crippen LogP) is 3.28. The molecule has 1 rings (SSSR count). The lowest BCUT2D eigenvalue weighted by atomic mass is 10.1. The number of esters is 1. The van der Waals surface area contributed by atoms with Crippen LogP contribution in [0.3, 0.4) is 0 Å². The minimum atomic E-state index is -3.59. The molecule has 0 heterocycles. The Morgan fingerprint density at radius 1 is 1.29 bits per heavy atom. The lowest BCUT2D eigenvalue weighted by molar-refractivity contribution is 0.0600. The number of hydrogen-bond acceptors (Lipinski definition) is 5. The van der Waals surface area contributed by atoms with E-state index in [4.69, 9.17) is 21.1 Å². The lowest BCUT2D eigenvalue weighted by Crippen LogP contribution is -2.18. The van der Waals surface area contributed by atoms with Crippen molar-refractivity contribution >= 4 is 39.4 Å². The van der Waals surface area contributed by atoms with Crippen LogP contribution in [0.4, 0.5) is 5.69 Å². The van der Waals surface area contributed by atoms with Crippen LogP contribution in [0.25, 0.3) is 6.08 Å². The molecule has 0 radical (unpaired) electrons. The number of sulfonamides is 1. The van der Waals surface area contributed by atoms with Gasteiger partial charge in [0.05, 0.1) is 31.2 Å². The van der Waals surface area contributed by atoms with Gasteiger partial charge in [0, 0.05) is 11.4 Å². The molecule has 24 heavy (non-hydrogen) atoms. The van der Waals surface area contributed by atoms with Gasteiger partial charge in [0.15, 0.2) is 0 Å². The largest absolute Gasteiger partial charge is 0.494 e. The number of allylic oxidation sites excluding steroid dienone is 1. The van der Waals surface area contributed by atoms with Crippen LogP contribution in [0.1, 0.15) is 35.7 Å². The summed E-state index contributed by atoms with van der Waals surface area (Å²) in [5, 5.41) is 0. The molecule has 0 atom stereocenters. The van der Waals surface area contributed by atoms with Crippen LogP contribution in [-0.4, -0.2) is 40.2 Å². The number of carbonyl (C=O) groups excluding carboxylic acids is 1. The molecule has 0 aliphatic carbocycles. The second-order valence-electron chi connectivity index (χ2n) is 4.95. The van der Waals surface area contributed by atoms with E-state index in [0.29, 0.717) is 30.0 Å². The third kappa shape index (κ3) is 5.72. The number of methoxy groups -OCH3 is 2. The summed E-state index contributed by atoms with van der Waals surface area (Å²) in [4.78, 5) is 11.8. The van der Waals surface area contributed by atoms with E-state index in [2.05, 4.69) is 4.72 Å². The van der Waals surface area contributed by atoms with Crippen molar-refractivity contribution in [1.29, 1.82) is 0 Å². The molecule has 0 aliphatic heterocycles. The van der Waals surface area contributed by atoms with Crippen LogP contribution >= 0.6 is 11.6 Å². The molecular formula is C16H22ClNO5S. The Morgan fingerprint density at radius 3 is 2.54 bits per heavy atom. The first-order valence-corrected chi connectivity index (χ1v) is 9.56. The minimum absolute atomic E-state index is 0.0652. The number of unbranched alkanes of at least 4 members (excludes halogenated alkanes) is 1. The molecule has 134 valence electrons. The van der Waals surface area contributed by atoms with Crippen molar-refractivity contribution in [2.75, 3.05) is 30.6 Å². The van der Waals surface area contributed by atoms with Gasteiger partial charge in [-0.15, -0.1) is 11.6 Å². The van der Waals surface area contributed by atoms with Gasteiger partial charge in [-0.3, -0.25) is 4.72 Å². The maximum atomic E-state index is 12.2. The summed E-state index contributed by atoms with van der Waals surface area (Å²) in [7, 11) is -0.887. The van der Waals surface area contributed by atoms with Crippen molar-refractivity contribution in [2.24, 2.45) is 0 Å². The van der Waals surface area contributed by atoms with E-state index < -0.39 is 16.0 Å². The average Bonchev–Trinajstić information content (AvgIpc) is 2.54. The molecule has 0 aromatic heterocycles. The molecular weight excluding hydrogens is 354 g/mol. The van der Waals surface area contributed by atoms with Gasteiger partial charge in [0.25, 0.3) is 0 Å². The highest BCUT2D eigenvalue weighted by molar-refractivity contribution is 7.92. The van der Waals surface area contributed by atoms with Crippen molar-refractivity contribution < 1.29 is 22.7 Å². The third-order valence-electron chi connectivity index (χ3n) is 3.15. The fourth-order valence-electron chi connectivity index (χ4n) is 2.10. The van der Waals surface area contributed by atoms with E-state index in [1.54, 1.807) is 25.1 Å². The maximum Gasteiger partial charge on any atom is 0.337 e. The van der Waals surface area contributed by atoms with Crippen molar-refractivity contribution in [2.45, 2.75) is 19.8 Å². The van der Waals surface area contributed by atoms with Gasteiger partial charge in [0.1, 0.15) is 5.75 Å². The zero-order valence-electron chi connectivity index (χ0n) is 14.0. The average molecular weight is 376 g/mol. The molecule has 0 fully saturated rings. The summed E-state index contributed by atoms with van der Waals surface area (Å²) in [6, 6.07) is 2.98. The van der Waals surface area contributed by atoms with E-state index in [1.165, 1.54) is 20.3 Å². The SMILES string of the molecule is CC=Cc1cc(C(=O)OC)cc(NS(=O)(=O)CCCCCl)c1OC. The zero-order valence-corrected chi connectivity index (χ0v) is 15.5. The number of carbonyl (C=O) groups is 1. The first-order valence-electron chi connectivity index (χ1n) is 7.38. The van der Waals surface area contributed by atoms with Gasteiger partial charge < -0.3 is 9.47 Å². The normalized spacial score (nSPS) is 11.5. The topological polar surface area (TPSA) is 81.7 Å². The Morgan fingerprint density at radius 2 is 2.00 bits per heavy atom. The molecule has 8 heteroatoms. The summed E-state index contributed by atoms with van der Waals surface area (Å²) in [6.45, 7) is 1.81. The highest BCUT2D eigenvalue weighted by atomic mass is 35.5. The van der Waals surface area contributed by atoms with Crippen molar-refractivity contribution in [3.05, 3.63) is 29.3 Å². The smallest absolute Gasteiger partial charge is 0.337 e. The molecule has 0 spiro atoms. The summed E-state index contributed by atoms with van der Waals surface area (Å²) >= 11 is 5.57. The van der Waals surface area contributed by atoms with E-state index in [1.807, 2.05) is 0 Å². The summed E-state index contributed by atoms with van der Waals surface area (Å²) < 4.78 is 36.9. The number of ether oxygens (including phenoxy) is 2. The predicted molar refractivity (Wildman–Crippen MR) is 96.4 cm³/mol. The Kier molecular flexibility index (Phi) is 8.07. The molecule has 0 saturated heterocycles. The monoisotopic (exact) mass is 375 g/mol. The van der Waals surface area contributed by atoms with Crippen LogP contribution in [0, 0.1) is 0 Å². The molecule has 0 amide bonds. The highest BCUT2D eigenvalue weighted by Gasteiger charge is 2.19. The number of anilines is 1. The molecule has 1 aromatic carbocycles. The molecule has 0 saturated carbocycles. The van der Waals surface area contributed by atoms with Crippen molar-refractivity contribution in [3.8, 4) is 5.75 Å². The van der Waals surface area contributed by atoms with Crippen molar-refractivity contribution in [1.82, 2.24) is 0 Å². The van der Waals surface area contributed by atoms with E-state index in [9.17, 15) is 13.2 Å². The van der Waals surface area contributed by atoms with E-state index in [-0.39, 0.29) is 17.0 Å². The third-order valence-corrected chi connectivity index (χ3v) is 4.78. The summed E-state index contributed by atoms with van der Waals surface area (Å²) in [6.07, 6.45) is 4.53. The Labute approximate surface area is 147 Å². The quantitative estimate of drug-likeness (QED) is 0.407. The number of hydrogen-bond donors (Lipinski definition) is 1. The molecule has 6 nitrogen and oxygen atoms in total. The standard InChI is InChI=1S/C16H22ClNO5S/c1-4-7-12-10-13(16(19)23-3)11-14(15(12)22-2)18-24(20,21)9-6-5-8-17/h4,7,10-11,18H,5-6,8-9H2,1-3H3. The van der Waals surface area contributed by atoms with Gasteiger partial charge in [-0.2, -0.15) is 0 Å². The van der Waals surface area contributed by atoms with Crippen LogP contribution in [0.5, 0.6) is 5.75 Å². The summed E-state index contributed by atoms with van der Waals surface area (Å²) in [5.41, 5.74) is 0.991. The summed E-state index contributed by atoms with van der Waals surface area (Å²) in [5.74, 6) is 0.111. The second-order valence-corrected chi connectivity index (χ2v) is 7.17. The fraction of sp³-hybridized carbons (Fsp3) is 0.438. The Balaban J connectivity index is 3.28. The highest BCUT2D eigenvalue weighted by Crippen LogP contribution is 2.33. The van der Waals surface area contributed by atoms with Crippen LogP contribution in [0.2, 0.25) is 0 Å². The maximum absolute atomic E-state index is 12.2. The Bertz CT molecular complexity index is 701. The van der Waals surface area contributed by atoms with Gasteiger partial charge in [-0.05, 0) is 31.9 Å². The van der Waals surface area contributed by atoms with Crippen LogP contribution in [0.15, 0.2) is 18.2 Å². The van der Waals surface area contributed by atoms with E-state index in [0.717, 1.165) is 0 Å². The number of alkyl halides is 1. The molecule has 1 N–H and O–H groups in total. The van der Waals surface area contributed by atoms with Gasteiger partial charge in [-0.25, -0.2) is 13.2 Å². The van der Waals surface area contributed by atoms with E-state index >= 15 is 0 Å². The fourth-order valence-corrected chi connectivity index (χ4v) is 3.46. The molecule has 0 aliphatic rings. The first-order chi connectivity index (χ1) is 11.4.